The minimum Gasteiger partial charge on any atom is -0.270 e. The lowest BCUT2D eigenvalue weighted by Gasteiger charge is -2.17. The molecule has 0 saturated carbocycles. The van der Waals surface area contributed by atoms with Crippen molar-refractivity contribution in [3.8, 4) is 0 Å². The summed E-state index contributed by atoms with van der Waals surface area (Å²) in [5, 5.41) is 9.01. The van der Waals surface area contributed by atoms with Crippen LogP contribution in [0.3, 0.4) is 0 Å². The average Bonchev–Trinajstić information content (AvgIpc) is 3.00. The maximum absolute atomic E-state index is 6.23. The lowest BCUT2D eigenvalue weighted by atomic mass is 10.1. The molecule has 0 saturated heterocycles. The highest BCUT2D eigenvalue weighted by Gasteiger charge is 2.25. The van der Waals surface area contributed by atoms with Crippen molar-refractivity contribution >= 4 is 23.1 Å². The number of hydrogen-bond acceptors (Lipinski definition) is 6. The van der Waals surface area contributed by atoms with Gasteiger partial charge in [0.1, 0.15) is 6.04 Å². The maximum Gasteiger partial charge on any atom is 0.102 e. The normalized spacial score (nSPS) is 12.8. The van der Waals surface area contributed by atoms with Crippen LogP contribution in [0.4, 0.5) is 0 Å². The van der Waals surface area contributed by atoms with Crippen LogP contribution in [0.1, 0.15) is 42.6 Å². The van der Waals surface area contributed by atoms with E-state index in [4.69, 9.17) is 17.4 Å². The highest BCUT2D eigenvalue weighted by Crippen LogP contribution is 2.31. The molecule has 2 rings (SSSR count). The lowest BCUT2D eigenvalue weighted by Crippen LogP contribution is -2.31. The van der Waals surface area contributed by atoms with Crippen LogP contribution in [0.15, 0.2) is 6.20 Å². The fourth-order valence-corrected chi connectivity index (χ4v) is 3.05. The van der Waals surface area contributed by atoms with Crippen LogP contribution in [-0.2, 0) is 13.0 Å². The van der Waals surface area contributed by atoms with Gasteiger partial charge in [0.05, 0.1) is 27.5 Å². The summed E-state index contributed by atoms with van der Waals surface area (Å²) in [6.07, 6.45) is 3.52. The molecule has 3 N–H and O–H groups in total. The first-order chi connectivity index (χ1) is 9.22. The SMILES string of the molecule is CCCc1nnsc1C(NN)c1c(Cl)cnn1CC. The molecule has 0 fully saturated rings. The average molecular weight is 301 g/mol. The summed E-state index contributed by atoms with van der Waals surface area (Å²) in [6.45, 7) is 4.85. The summed E-state index contributed by atoms with van der Waals surface area (Å²) < 4.78 is 5.86. The Morgan fingerprint density at radius 3 is 2.95 bits per heavy atom. The van der Waals surface area contributed by atoms with Gasteiger partial charge in [-0.15, -0.1) is 5.10 Å². The highest BCUT2D eigenvalue weighted by molar-refractivity contribution is 7.05. The van der Waals surface area contributed by atoms with Gasteiger partial charge in [-0.2, -0.15) is 5.10 Å². The van der Waals surface area contributed by atoms with E-state index in [1.54, 1.807) is 6.20 Å². The fourth-order valence-electron chi connectivity index (χ4n) is 2.03. The predicted octanol–water partition coefficient (Wildman–Crippen LogP) is 1.91. The molecule has 104 valence electrons. The summed E-state index contributed by atoms with van der Waals surface area (Å²) in [4.78, 5) is 1.00. The third-order valence-electron chi connectivity index (χ3n) is 2.91. The van der Waals surface area contributed by atoms with Crippen molar-refractivity contribution in [1.82, 2.24) is 24.8 Å². The zero-order valence-corrected chi connectivity index (χ0v) is 12.5. The first-order valence-electron chi connectivity index (χ1n) is 6.21. The largest absolute Gasteiger partial charge is 0.270 e. The Hall–Kier alpha value is -1.02. The molecule has 19 heavy (non-hydrogen) atoms. The Balaban J connectivity index is 2.44. The van der Waals surface area contributed by atoms with Crippen LogP contribution in [0.25, 0.3) is 0 Å². The molecule has 0 aliphatic rings. The molecule has 1 unspecified atom stereocenters. The van der Waals surface area contributed by atoms with E-state index in [1.807, 2.05) is 11.6 Å². The molecule has 0 aliphatic carbocycles. The van der Waals surface area contributed by atoms with E-state index >= 15 is 0 Å². The first-order valence-corrected chi connectivity index (χ1v) is 7.36. The van der Waals surface area contributed by atoms with Gasteiger partial charge in [0, 0.05) is 6.54 Å². The van der Waals surface area contributed by atoms with E-state index in [1.165, 1.54) is 11.5 Å². The van der Waals surface area contributed by atoms with E-state index in [2.05, 4.69) is 27.0 Å². The number of hydrazine groups is 1. The van der Waals surface area contributed by atoms with Crippen LogP contribution in [0.2, 0.25) is 5.02 Å². The van der Waals surface area contributed by atoms with Crippen molar-refractivity contribution < 1.29 is 0 Å². The second kappa shape index (κ2) is 6.42. The lowest BCUT2D eigenvalue weighted by molar-refractivity contribution is 0.545. The van der Waals surface area contributed by atoms with E-state index in [-0.39, 0.29) is 6.04 Å². The zero-order chi connectivity index (χ0) is 13.8. The van der Waals surface area contributed by atoms with E-state index in [0.717, 1.165) is 35.7 Å². The molecule has 0 aromatic carbocycles. The number of nitrogens with two attached hydrogens (primary N) is 1. The molecule has 2 aromatic heterocycles. The Kier molecular flexibility index (Phi) is 4.87. The molecule has 1 atom stereocenters. The van der Waals surface area contributed by atoms with E-state index in [0.29, 0.717) is 5.02 Å². The van der Waals surface area contributed by atoms with Gasteiger partial charge in [0.15, 0.2) is 0 Å². The van der Waals surface area contributed by atoms with Gasteiger partial charge < -0.3 is 0 Å². The Morgan fingerprint density at radius 2 is 2.32 bits per heavy atom. The van der Waals surface area contributed by atoms with Crippen LogP contribution in [0, 0.1) is 0 Å². The van der Waals surface area contributed by atoms with Gasteiger partial charge in [-0.25, -0.2) is 5.43 Å². The number of nitrogens with zero attached hydrogens (tertiary/aromatic N) is 4. The second-order valence-corrected chi connectivity index (χ2v) is 5.32. The summed E-state index contributed by atoms with van der Waals surface area (Å²) in [5.41, 5.74) is 4.63. The van der Waals surface area contributed by atoms with Gasteiger partial charge in [-0.3, -0.25) is 10.5 Å². The van der Waals surface area contributed by atoms with Gasteiger partial charge in [0.2, 0.25) is 0 Å². The maximum atomic E-state index is 6.23. The number of halogens is 1. The summed E-state index contributed by atoms with van der Waals surface area (Å²) in [6, 6.07) is -0.225. The number of aromatic nitrogens is 4. The summed E-state index contributed by atoms with van der Waals surface area (Å²) in [7, 11) is 0. The smallest absolute Gasteiger partial charge is 0.102 e. The quantitative estimate of drug-likeness (QED) is 0.629. The molecular weight excluding hydrogens is 284 g/mol. The highest BCUT2D eigenvalue weighted by atomic mass is 35.5. The summed E-state index contributed by atoms with van der Waals surface area (Å²) >= 11 is 7.57. The Morgan fingerprint density at radius 1 is 1.53 bits per heavy atom. The van der Waals surface area contributed by atoms with Crippen LogP contribution in [0.5, 0.6) is 0 Å². The summed E-state index contributed by atoms with van der Waals surface area (Å²) in [5.74, 6) is 5.71. The minimum absolute atomic E-state index is 0.225. The van der Waals surface area contributed by atoms with Gasteiger partial charge in [-0.05, 0) is 24.9 Å². The first kappa shape index (κ1) is 14.4. The minimum atomic E-state index is -0.225. The number of rotatable bonds is 6. The van der Waals surface area contributed by atoms with Gasteiger partial charge >= 0.3 is 0 Å². The van der Waals surface area contributed by atoms with E-state index < -0.39 is 0 Å². The zero-order valence-electron chi connectivity index (χ0n) is 10.9. The number of hydrogen-bond donors (Lipinski definition) is 2. The molecule has 0 spiro atoms. The molecular formula is C11H17ClN6S. The van der Waals surface area contributed by atoms with Crippen LogP contribution < -0.4 is 11.3 Å². The number of nitrogens with one attached hydrogen (secondary N) is 1. The van der Waals surface area contributed by atoms with Crippen molar-refractivity contribution in [3.05, 3.63) is 27.5 Å². The molecule has 2 heterocycles. The van der Waals surface area contributed by atoms with Crippen LogP contribution >= 0.6 is 23.1 Å². The van der Waals surface area contributed by atoms with Gasteiger partial charge in [0.25, 0.3) is 0 Å². The van der Waals surface area contributed by atoms with Crippen molar-refractivity contribution in [2.75, 3.05) is 0 Å². The van der Waals surface area contributed by atoms with Crippen molar-refractivity contribution in [3.63, 3.8) is 0 Å². The topological polar surface area (TPSA) is 81.7 Å². The Labute approximate surface area is 121 Å². The molecule has 0 bridgehead atoms. The van der Waals surface area contributed by atoms with Crippen molar-refractivity contribution in [2.24, 2.45) is 5.84 Å². The number of aryl methyl sites for hydroxylation is 2. The van der Waals surface area contributed by atoms with Crippen LogP contribution in [-0.4, -0.2) is 19.4 Å². The second-order valence-electron chi connectivity index (χ2n) is 4.13. The van der Waals surface area contributed by atoms with Gasteiger partial charge in [-0.1, -0.05) is 29.4 Å². The van der Waals surface area contributed by atoms with Crippen molar-refractivity contribution in [2.45, 2.75) is 39.3 Å². The third-order valence-corrected chi connectivity index (χ3v) is 4.03. The molecule has 8 heteroatoms. The molecule has 0 aliphatic heterocycles. The molecule has 0 amide bonds. The molecule has 0 radical (unpaired) electrons. The molecule has 2 aromatic rings. The predicted molar refractivity (Wildman–Crippen MR) is 76.0 cm³/mol. The fraction of sp³-hybridized carbons (Fsp3) is 0.545. The molecule has 6 nitrogen and oxygen atoms in total. The van der Waals surface area contributed by atoms with E-state index in [9.17, 15) is 0 Å². The third kappa shape index (κ3) is 2.79. The monoisotopic (exact) mass is 300 g/mol. The van der Waals surface area contributed by atoms with Crippen molar-refractivity contribution in [1.29, 1.82) is 0 Å². The Bertz CT molecular complexity index is 537. The standard InChI is InChI=1S/C11H17ClN6S/c1-3-5-8-11(19-17-16-8)9(15-13)10-7(12)6-14-18(10)4-2/h6,9,15H,3-5,13H2,1-2H3.